The van der Waals surface area contributed by atoms with Gasteiger partial charge < -0.3 is 14.6 Å². The average Bonchev–Trinajstić information content (AvgIpc) is 2.45. The Hall–Kier alpha value is -1.59. The highest BCUT2D eigenvalue weighted by Crippen LogP contribution is 2.08. The molecule has 0 unspecified atom stereocenters. The summed E-state index contributed by atoms with van der Waals surface area (Å²) in [6, 6.07) is 6.73. The standard InChI is InChI=1S/C15H20BNO3/c1-2-3-4-5-9-17-10-8-12-11-13(16(19)20)6-7-14(12)15(17)18/h6-8,10-11,19-20H,2-5,9H2,1H3. The van der Waals surface area contributed by atoms with Crippen molar-refractivity contribution in [3.8, 4) is 0 Å². The van der Waals surface area contributed by atoms with Gasteiger partial charge in [-0.1, -0.05) is 38.3 Å². The van der Waals surface area contributed by atoms with Crippen LogP contribution in [0.5, 0.6) is 0 Å². The highest BCUT2D eigenvalue weighted by molar-refractivity contribution is 6.58. The molecule has 0 fully saturated rings. The number of fused-ring (bicyclic) bond motifs is 1. The first-order valence-corrected chi connectivity index (χ1v) is 7.12. The van der Waals surface area contributed by atoms with Gasteiger partial charge in [-0.15, -0.1) is 0 Å². The second-order valence-corrected chi connectivity index (χ2v) is 5.10. The van der Waals surface area contributed by atoms with Gasteiger partial charge in [0.25, 0.3) is 5.56 Å². The molecule has 2 N–H and O–H groups in total. The molecular weight excluding hydrogens is 253 g/mol. The van der Waals surface area contributed by atoms with Crippen LogP contribution in [0.4, 0.5) is 0 Å². The van der Waals surface area contributed by atoms with E-state index in [0.717, 1.165) is 24.8 Å². The molecule has 0 amide bonds. The molecule has 2 aromatic rings. The van der Waals surface area contributed by atoms with Crippen molar-refractivity contribution in [1.82, 2.24) is 4.57 Å². The van der Waals surface area contributed by atoms with Gasteiger partial charge in [-0.25, -0.2) is 0 Å². The second-order valence-electron chi connectivity index (χ2n) is 5.10. The molecule has 0 bridgehead atoms. The van der Waals surface area contributed by atoms with Gasteiger partial charge in [-0.05, 0) is 29.4 Å². The Labute approximate surface area is 118 Å². The first-order chi connectivity index (χ1) is 9.63. The summed E-state index contributed by atoms with van der Waals surface area (Å²) >= 11 is 0. The maximum Gasteiger partial charge on any atom is 0.488 e. The van der Waals surface area contributed by atoms with E-state index >= 15 is 0 Å². The van der Waals surface area contributed by atoms with Gasteiger partial charge in [0, 0.05) is 18.1 Å². The van der Waals surface area contributed by atoms with E-state index in [0.29, 0.717) is 10.8 Å². The Morgan fingerprint density at radius 1 is 1.15 bits per heavy atom. The number of benzene rings is 1. The van der Waals surface area contributed by atoms with E-state index in [9.17, 15) is 4.79 Å². The molecule has 0 aliphatic heterocycles. The first-order valence-electron chi connectivity index (χ1n) is 7.12. The summed E-state index contributed by atoms with van der Waals surface area (Å²) in [5.74, 6) is 0. The van der Waals surface area contributed by atoms with E-state index in [1.54, 1.807) is 29.0 Å². The fraction of sp³-hybridized carbons (Fsp3) is 0.400. The minimum atomic E-state index is -1.50. The predicted molar refractivity (Wildman–Crippen MR) is 82.2 cm³/mol. The normalized spacial score (nSPS) is 10.9. The lowest BCUT2D eigenvalue weighted by Gasteiger charge is -2.08. The summed E-state index contributed by atoms with van der Waals surface area (Å²) in [4.78, 5) is 12.3. The lowest BCUT2D eigenvalue weighted by molar-refractivity contribution is 0.426. The molecule has 0 aliphatic carbocycles. The molecule has 20 heavy (non-hydrogen) atoms. The zero-order valence-electron chi connectivity index (χ0n) is 11.7. The largest absolute Gasteiger partial charge is 0.488 e. The van der Waals surface area contributed by atoms with Gasteiger partial charge in [0.05, 0.1) is 0 Å². The maximum atomic E-state index is 12.3. The average molecular weight is 273 g/mol. The molecule has 106 valence electrons. The van der Waals surface area contributed by atoms with Gasteiger partial charge in [0.2, 0.25) is 0 Å². The molecular formula is C15H20BNO3. The highest BCUT2D eigenvalue weighted by Gasteiger charge is 2.12. The Balaban J connectivity index is 2.25. The minimum Gasteiger partial charge on any atom is -0.423 e. The summed E-state index contributed by atoms with van der Waals surface area (Å²) in [6.07, 6.45) is 6.30. The molecule has 2 rings (SSSR count). The SMILES string of the molecule is CCCCCCn1ccc2cc(B(O)O)ccc2c1=O. The number of hydrogen-bond acceptors (Lipinski definition) is 3. The zero-order valence-corrected chi connectivity index (χ0v) is 11.7. The van der Waals surface area contributed by atoms with Crippen LogP contribution in [0.15, 0.2) is 35.3 Å². The van der Waals surface area contributed by atoms with Gasteiger partial charge in [-0.3, -0.25) is 4.79 Å². The van der Waals surface area contributed by atoms with E-state index < -0.39 is 7.12 Å². The molecule has 0 saturated heterocycles. The van der Waals surface area contributed by atoms with Crippen molar-refractivity contribution in [3.63, 3.8) is 0 Å². The van der Waals surface area contributed by atoms with Crippen molar-refractivity contribution in [2.75, 3.05) is 0 Å². The number of pyridine rings is 1. The van der Waals surface area contributed by atoms with E-state index in [-0.39, 0.29) is 5.56 Å². The van der Waals surface area contributed by atoms with Gasteiger partial charge >= 0.3 is 7.12 Å². The van der Waals surface area contributed by atoms with E-state index in [4.69, 9.17) is 10.0 Å². The number of nitrogens with zero attached hydrogens (tertiary/aromatic N) is 1. The van der Waals surface area contributed by atoms with Crippen molar-refractivity contribution in [2.24, 2.45) is 0 Å². The second kappa shape index (κ2) is 6.73. The third-order valence-corrected chi connectivity index (χ3v) is 3.55. The minimum absolute atomic E-state index is 0.0158. The van der Waals surface area contributed by atoms with Crippen molar-refractivity contribution in [2.45, 2.75) is 39.2 Å². The smallest absolute Gasteiger partial charge is 0.423 e. The monoisotopic (exact) mass is 273 g/mol. The van der Waals surface area contributed by atoms with Gasteiger partial charge in [-0.2, -0.15) is 0 Å². The fourth-order valence-corrected chi connectivity index (χ4v) is 2.35. The molecule has 0 atom stereocenters. The molecule has 0 aliphatic rings. The van der Waals surface area contributed by atoms with Crippen LogP contribution < -0.4 is 11.0 Å². The van der Waals surface area contributed by atoms with Crippen molar-refractivity contribution in [3.05, 3.63) is 40.8 Å². The summed E-state index contributed by atoms with van der Waals surface area (Å²) in [6.45, 7) is 2.90. The van der Waals surface area contributed by atoms with Gasteiger partial charge in [0.15, 0.2) is 0 Å². The van der Waals surface area contributed by atoms with Crippen LogP contribution in [-0.2, 0) is 6.54 Å². The van der Waals surface area contributed by atoms with Crippen LogP contribution in [0.1, 0.15) is 32.6 Å². The van der Waals surface area contributed by atoms with Crippen molar-refractivity contribution >= 4 is 23.4 Å². The number of aryl methyl sites for hydroxylation is 1. The number of aromatic nitrogens is 1. The Morgan fingerprint density at radius 2 is 1.95 bits per heavy atom. The Morgan fingerprint density at radius 3 is 2.65 bits per heavy atom. The molecule has 1 aromatic carbocycles. The summed E-state index contributed by atoms with van der Waals surface area (Å²) in [5, 5.41) is 19.7. The number of rotatable bonds is 6. The lowest BCUT2D eigenvalue weighted by atomic mass is 9.79. The van der Waals surface area contributed by atoms with Crippen LogP contribution in [0.2, 0.25) is 0 Å². The predicted octanol–water partition coefficient (Wildman–Crippen LogP) is 1.26. The van der Waals surface area contributed by atoms with Crippen LogP contribution in [-0.4, -0.2) is 21.7 Å². The zero-order chi connectivity index (χ0) is 14.5. The molecule has 0 saturated carbocycles. The van der Waals surface area contributed by atoms with Gasteiger partial charge in [0.1, 0.15) is 0 Å². The molecule has 0 spiro atoms. The van der Waals surface area contributed by atoms with Crippen LogP contribution in [0, 0.1) is 0 Å². The van der Waals surface area contributed by atoms with Crippen LogP contribution in [0.25, 0.3) is 10.8 Å². The topological polar surface area (TPSA) is 62.5 Å². The van der Waals surface area contributed by atoms with Crippen molar-refractivity contribution in [1.29, 1.82) is 0 Å². The number of hydrogen-bond donors (Lipinski definition) is 2. The molecule has 0 radical (unpaired) electrons. The fourth-order valence-electron chi connectivity index (χ4n) is 2.35. The molecule has 1 aromatic heterocycles. The van der Waals surface area contributed by atoms with Crippen LogP contribution >= 0.6 is 0 Å². The molecule has 4 nitrogen and oxygen atoms in total. The Bertz CT molecular complexity index is 637. The lowest BCUT2D eigenvalue weighted by Crippen LogP contribution is -2.30. The first kappa shape index (κ1) is 14.8. The summed E-state index contributed by atoms with van der Waals surface area (Å²) < 4.78 is 1.73. The van der Waals surface area contributed by atoms with E-state index in [1.165, 1.54) is 12.8 Å². The third kappa shape index (κ3) is 3.29. The van der Waals surface area contributed by atoms with E-state index in [2.05, 4.69) is 6.92 Å². The molecule has 5 heteroatoms. The van der Waals surface area contributed by atoms with Crippen molar-refractivity contribution < 1.29 is 10.0 Å². The van der Waals surface area contributed by atoms with E-state index in [1.807, 2.05) is 6.07 Å². The van der Waals surface area contributed by atoms with Crippen LogP contribution in [0.3, 0.4) is 0 Å². The Kier molecular flexibility index (Phi) is 4.98. The summed E-state index contributed by atoms with van der Waals surface area (Å²) in [5.41, 5.74) is 0.385. The highest BCUT2D eigenvalue weighted by atomic mass is 16.4. The number of unbranched alkanes of at least 4 members (excludes halogenated alkanes) is 3. The molecule has 1 heterocycles. The summed E-state index contributed by atoms with van der Waals surface area (Å²) in [7, 11) is -1.50. The maximum absolute atomic E-state index is 12.3. The third-order valence-electron chi connectivity index (χ3n) is 3.55. The quantitative estimate of drug-likeness (QED) is 0.615.